The summed E-state index contributed by atoms with van der Waals surface area (Å²) in [5.41, 5.74) is 0. The summed E-state index contributed by atoms with van der Waals surface area (Å²) in [7, 11) is 1.67. The molecule has 0 aliphatic heterocycles. The Morgan fingerprint density at radius 3 is 2.71 bits per heavy atom. The van der Waals surface area contributed by atoms with Gasteiger partial charge in [-0.1, -0.05) is 0 Å². The minimum Gasteiger partial charge on any atom is -0.497 e. The van der Waals surface area contributed by atoms with E-state index in [1.807, 2.05) is 23.9 Å². The first-order chi connectivity index (χ1) is 8.29. The highest BCUT2D eigenvalue weighted by molar-refractivity contribution is 7.99. The van der Waals surface area contributed by atoms with E-state index < -0.39 is 0 Å². The van der Waals surface area contributed by atoms with E-state index in [1.165, 1.54) is 4.90 Å². The number of methoxy groups -OCH3 is 1. The first-order valence-corrected chi connectivity index (χ1v) is 7.07. The minimum absolute atomic E-state index is 0.334. The Balaban J connectivity index is 1.75. The molecule has 1 unspecified atom stereocenters. The van der Waals surface area contributed by atoms with E-state index in [0.717, 1.165) is 37.2 Å². The van der Waals surface area contributed by atoms with E-state index in [9.17, 15) is 4.79 Å². The van der Waals surface area contributed by atoms with Crippen molar-refractivity contribution in [2.75, 3.05) is 12.9 Å². The van der Waals surface area contributed by atoms with Gasteiger partial charge in [0.25, 0.3) is 0 Å². The molecule has 0 N–H and O–H groups in total. The molecule has 1 aliphatic carbocycles. The van der Waals surface area contributed by atoms with Gasteiger partial charge in [0.2, 0.25) is 0 Å². The van der Waals surface area contributed by atoms with E-state index in [-0.39, 0.29) is 0 Å². The lowest BCUT2D eigenvalue weighted by molar-refractivity contribution is -0.120. The van der Waals surface area contributed by atoms with Crippen molar-refractivity contribution >= 4 is 17.5 Å². The zero-order valence-corrected chi connectivity index (χ0v) is 11.0. The second-order valence-corrected chi connectivity index (χ2v) is 5.54. The van der Waals surface area contributed by atoms with Crippen LogP contribution in [0.5, 0.6) is 5.75 Å². The maximum atomic E-state index is 11.5. The molecule has 1 aromatic carbocycles. The fraction of sp³-hybridized carbons (Fsp3) is 0.500. The summed E-state index contributed by atoms with van der Waals surface area (Å²) < 4.78 is 5.12. The van der Waals surface area contributed by atoms with Gasteiger partial charge in [0.05, 0.1) is 7.11 Å². The van der Waals surface area contributed by atoms with Crippen LogP contribution in [0.1, 0.15) is 25.7 Å². The zero-order valence-electron chi connectivity index (χ0n) is 10.1. The van der Waals surface area contributed by atoms with Crippen LogP contribution >= 0.6 is 11.8 Å². The molecule has 17 heavy (non-hydrogen) atoms. The molecule has 1 aliphatic rings. The highest BCUT2D eigenvalue weighted by atomic mass is 32.2. The standard InChI is InChI=1S/C14H18O2S/c1-16-12-5-7-13(8-6-12)17-10-9-11-3-2-4-14(11)15/h5-8,11H,2-4,9-10H2,1H3. The Hall–Kier alpha value is -0.960. The van der Waals surface area contributed by atoms with Gasteiger partial charge in [0.1, 0.15) is 11.5 Å². The van der Waals surface area contributed by atoms with Crippen LogP contribution in [-0.2, 0) is 4.79 Å². The molecule has 0 heterocycles. The fourth-order valence-electron chi connectivity index (χ4n) is 2.18. The van der Waals surface area contributed by atoms with Crippen molar-refractivity contribution < 1.29 is 9.53 Å². The molecule has 3 heteroatoms. The van der Waals surface area contributed by atoms with Crippen LogP contribution < -0.4 is 4.74 Å². The average Bonchev–Trinajstić information content (AvgIpc) is 2.76. The summed E-state index contributed by atoms with van der Waals surface area (Å²) in [6.07, 6.45) is 4.02. The predicted octanol–water partition coefficient (Wildman–Crippen LogP) is 3.55. The van der Waals surface area contributed by atoms with Gasteiger partial charge in [-0.15, -0.1) is 11.8 Å². The maximum Gasteiger partial charge on any atom is 0.136 e. The number of benzene rings is 1. The van der Waals surface area contributed by atoms with E-state index in [0.29, 0.717) is 11.7 Å². The number of hydrogen-bond acceptors (Lipinski definition) is 3. The van der Waals surface area contributed by atoms with Gasteiger partial charge >= 0.3 is 0 Å². The Morgan fingerprint density at radius 2 is 2.12 bits per heavy atom. The summed E-state index contributed by atoms with van der Waals surface area (Å²) in [6, 6.07) is 8.09. The van der Waals surface area contributed by atoms with Crippen molar-refractivity contribution in [2.24, 2.45) is 5.92 Å². The third-order valence-electron chi connectivity index (χ3n) is 3.23. The third-order valence-corrected chi connectivity index (χ3v) is 4.27. The van der Waals surface area contributed by atoms with Gasteiger partial charge in [0, 0.05) is 17.2 Å². The number of ether oxygens (including phenoxy) is 1. The zero-order chi connectivity index (χ0) is 12.1. The first-order valence-electron chi connectivity index (χ1n) is 6.09. The Bertz CT molecular complexity index is 372. The van der Waals surface area contributed by atoms with E-state index in [1.54, 1.807) is 7.11 Å². The Kier molecular flexibility index (Phi) is 4.49. The van der Waals surface area contributed by atoms with Crippen LogP contribution in [0.2, 0.25) is 0 Å². The van der Waals surface area contributed by atoms with Crippen LogP contribution in [-0.4, -0.2) is 18.6 Å². The molecule has 1 aromatic rings. The number of carbonyl (C=O) groups is 1. The molecule has 0 radical (unpaired) electrons. The molecule has 2 rings (SSSR count). The summed E-state index contributed by atoms with van der Waals surface area (Å²) in [4.78, 5) is 12.7. The van der Waals surface area contributed by atoms with Crippen molar-refractivity contribution in [3.63, 3.8) is 0 Å². The molecule has 0 spiro atoms. The largest absolute Gasteiger partial charge is 0.497 e. The van der Waals surface area contributed by atoms with Crippen molar-refractivity contribution in [1.29, 1.82) is 0 Å². The molecule has 0 saturated heterocycles. The topological polar surface area (TPSA) is 26.3 Å². The molecule has 92 valence electrons. The van der Waals surface area contributed by atoms with E-state index in [4.69, 9.17) is 4.74 Å². The van der Waals surface area contributed by atoms with E-state index in [2.05, 4.69) is 12.1 Å². The summed E-state index contributed by atoms with van der Waals surface area (Å²) >= 11 is 1.82. The number of Topliss-reactive ketones (excluding diaryl/α,β-unsaturated/α-hetero) is 1. The molecule has 1 atom stereocenters. The molecular formula is C14H18O2S. The van der Waals surface area contributed by atoms with Gasteiger partial charge in [-0.25, -0.2) is 0 Å². The maximum absolute atomic E-state index is 11.5. The second kappa shape index (κ2) is 6.10. The number of ketones is 1. The number of hydrogen-bond donors (Lipinski definition) is 0. The lowest BCUT2D eigenvalue weighted by atomic mass is 10.1. The lowest BCUT2D eigenvalue weighted by Gasteiger charge is -2.07. The van der Waals surface area contributed by atoms with Crippen LogP contribution in [0.4, 0.5) is 0 Å². The highest BCUT2D eigenvalue weighted by Gasteiger charge is 2.23. The molecule has 0 bridgehead atoms. The molecule has 1 saturated carbocycles. The second-order valence-electron chi connectivity index (χ2n) is 4.37. The third kappa shape index (κ3) is 3.50. The van der Waals surface area contributed by atoms with Crippen molar-refractivity contribution in [3.05, 3.63) is 24.3 Å². The average molecular weight is 250 g/mol. The summed E-state index contributed by atoms with van der Waals surface area (Å²) in [5, 5.41) is 0. The van der Waals surface area contributed by atoms with Crippen LogP contribution in [0.15, 0.2) is 29.2 Å². The van der Waals surface area contributed by atoms with Gasteiger partial charge in [0.15, 0.2) is 0 Å². The lowest BCUT2D eigenvalue weighted by Crippen LogP contribution is -2.06. The van der Waals surface area contributed by atoms with Crippen molar-refractivity contribution in [1.82, 2.24) is 0 Å². The van der Waals surface area contributed by atoms with Gasteiger partial charge in [-0.2, -0.15) is 0 Å². The monoisotopic (exact) mass is 250 g/mol. The van der Waals surface area contributed by atoms with Crippen molar-refractivity contribution in [2.45, 2.75) is 30.6 Å². The smallest absolute Gasteiger partial charge is 0.136 e. The normalized spacial score (nSPS) is 19.6. The van der Waals surface area contributed by atoms with Gasteiger partial charge < -0.3 is 4.74 Å². The van der Waals surface area contributed by atoms with Crippen LogP contribution in [0, 0.1) is 5.92 Å². The van der Waals surface area contributed by atoms with Crippen molar-refractivity contribution in [3.8, 4) is 5.75 Å². The number of thioether (sulfide) groups is 1. The molecule has 2 nitrogen and oxygen atoms in total. The Labute approximate surface area is 107 Å². The van der Waals surface area contributed by atoms with Crippen LogP contribution in [0.3, 0.4) is 0 Å². The van der Waals surface area contributed by atoms with Gasteiger partial charge in [-0.3, -0.25) is 4.79 Å². The fourth-order valence-corrected chi connectivity index (χ4v) is 3.15. The van der Waals surface area contributed by atoms with Crippen LogP contribution in [0.25, 0.3) is 0 Å². The molecule has 0 amide bonds. The van der Waals surface area contributed by atoms with E-state index >= 15 is 0 Å². The molecule has 1 fully saturated rings. The molecule has 0 aromatic heterocycles. The first kappa shape index (κ1) is 12.5. The molecular weight excluding hydrogens is 232 g/mol. The Morgan fingerprint density at radius 1 is 1.35 bits per heavy atom. The quantitative estimate of drug-likeness (QED) is 0.748. The highest BCUT2D eigenvalue weighted by Crippen LogP contribution is 2.28. The predicted molar refractivity (Wildman–Crippen MR) is 70.7 cm³/mol. The number of rotatable bonds is 5. The summed E-state index contributed by atoms with van der Waals surface area (Å²) in [6.45, 7) is 0. The number of carbonyl (C=O) groups excluding carboxylic acids is 1. The van der Waals surface area contributed by atoms with Gasteiger partial charge in [-0.05, 0) is 49.3 Å². The minimum atomic E-state index is 0.334. The SMILES string of the molecule is COc1ccc(SCCC2CCCC2=O)cc1. The summed E-state index contributed by atoms with van der Waals surface area (Å²) in [5.74, 6) is 2.73.